The number of likely N-dealkylation sites (N-methyl/N-ethyl adjacent to an activating group) is 2. The van der Waals surface area contributed by atoms with E-state index in [0.717, 1.165) is 24.6 Å². The van der Waals surface area contributed by atoms with Crippen molar-refractivity contribution in [3.8, 4) is 0 Å². The molecule has 4 nitrogen and oxygen atoms in total. The number of hydrogen-bond acceptors (Lipinski definition) is 2. The first-order chi connectivity index (χ1) is 11.2. The Morgan fingerprint density at radius 3 is 2.00 bits per heavy atom. The van der Waals surface area contributed by atoms with Crippen LogP contribution >= 0.6 is 0 Å². The number of benzene rings is 2. The first-order valence-corrected chi connectivity index (χ1v) is 7.81. The highest BCUT2D eigenvalue weighted by molar-refractivity contribution is 6.02. The third kappa shape index (κ3) is 3.26. The SMILES string of the molecule is CN1CCN(C)C1=NC(C(=O)c1ccccc1)c1ccccc1. The molecule has 2 aromatic rings. The van der Waals surface area contributed by atoms with E-state index in [1.807, 2.05) is 74.8 Å². The van der Waals surface area contributed by atoms with Crippen molar-refractivity contribution in [3.05, 3.63) is 71.8 Å². The number of nitrogens with zero attached hydrogens (tertiary/aromatic N) is 3. The van der Waals surface area contributed by atoms with Crippen LogP contribution in [0.5, 0.6) is 0 Å². The number of ketones is 1. The van der Waals surface area contributed by atoms with Gasteiger partial charge in [0.15, 0.2) is 11.7 Å². The monoisotopic (exact) mass is 307 g/mol. The van der Waals surface area contributed by atoms with Crippen LogP contribution in [0, 0.1) is 0 Å². The summed E-state index contributed by atoms with van der Waals surface area (Å²) in [7, 11) is 4.02. The molecule has 1 heterocycles. The van der Waals surface area contributed by atoms with Crippen molar-refractivity contribution in [2.45, 2.75) is 6.04 Å². The highest BCUT2D eigenvalue weighted by atomic mass is 16.1. The number of Topliss-reactive ketones (excluding diaryl/α,β-unsaturated/α-hetero) is 1. The lowest BCUT2D eigenvalue weighted by atomic mass is 9.98. The van der Waals surface area contributed by atoms with Gasteiger partial charge in [0.05, 0.1) is 0 Å². The Hall–Kier alpha value is -2.62. The van der Waals surface area contributed by atoms with E-state index in [9.17, 15) is 4.79 Å². The number of carbonyl (C=O) groups is 1. The van der Waals surface area contributed by atoms with Crippen molar-refractivity contribution in [2.24, 2.45) is 4.99 Å². The third-order valence-electron chi connectivity index (χ3n) is 4.12. The van der Waals surface area contributed by atoms with Gasteiger partial charge in [-0.3, -0.25) is 4.79 Å². The van der Waals surface area contributed by atoms with Gasteiger partial charge in [-0.25, -0.2) is 4.99 Å². The van der Waals surface area contributed by atoms with E-state index < -0.39 is 6.04 Å². The van der Waals surface area contributed by atoms with Gasteiger partial charge in [-0.05, 0) is 5.56 Å². The van der Waals surface area contributed by atoms with E-state index in [2.05, 4.69) is 9.80 Å². The van der Waals surface area contributed by atoms with E-state index in [0.29, 0.717) is 5.56 Å². The minimum absolute atomic E-state index is 0.0259. The fraction of sp³-hybridized carbons (Fsp3) is 0.263. The first-order valence-electron chi connectivity index (χ1n) is 7.81. The number of aliphatic imine (C=N–C) groups is 1. The summed E-state index contributed by atoms with van der Waals surface area (Å²) in [6, 6.07) is 18.6. The first kappa shape index (κ1) is 15.3. The van der Waals surface area contributed by atoms with Gasteiger partial charge < -0.3 is 9.80 Å². The largest absolute Gasteiger partial charge is 0.344 e. The summed E-state index contributed by atoms with van der Waals surface area (Å²) in [5.41, 5.74) is 1.61. The number of guanidine groups is 1. The van der Waals surface area contributed by atoms with Crippen LogP contribution in [0.3, 0.4) is 0 Å². The fourth-order valence-corrected chi connectivity index (χ4v) is 2.78. The van der Waals surface area contributed by atoms with Gasteiger partial charge >= 0.3 is 0 Å². The Morgan fingerprint density at radius 2 is 1.43 bits per heavy atom. The van der Waals surface area contributed by atoms with Crippen LogP contribution < -0.4 is 0 Å². The number of rotatable bonds is 4. The molecule has 1 fully saturated rings. The molecule has 0 radical (unpaired) electrons. The van der Waals surface area contributed by atoms with Crippen molar-refractivity contribution < 1.29 is 4.79 Å². The zero-order valence-corrected chi connectivity index (χ0v) is 13.5. The molecule has 0 aliphatic carbocycles. The smallest absolute Gasteiger partial charge is 0.197 e. The molecular formula is C19H21N3O. The van der Waals surface area contributed by atoms with E-state index >= 15 is 0 Å². The molecule has 0 spiro atoms. The summed E-state index contributed by atoms with van der Waals surface area (Å²) in [6.07, 6.45) is 0. The van der Waals surface area contributed by atoms with Gasteiger partial charge in [0, 0.05) is 32.7 Å². The maximum Gasteiger partial charge on any atom is 0.197 e. The van der Waals surface area contributed by atoms with E-state index in [-0.39, 0.29) is 5.78 Å². The van der Waals surface area contributed by atoms with Gasteiger partial charge in [-0.2, -0.15) is 0 Å². The second-order valence-electron chi connectivity index (χ2n) is 5.82. The van der Waals surface area contributed by atoms with Crippen molar-refractivity contribution in [1.29, 1.82) is 0 Å². The lowest BCUT2D eigenvalue weighted by molar-refractivity contribution is 0.0961. The van der Waals surface area contributed by atoms with Crippen LogP contribution in [0.1, 0.15) is 22.0 Å². The fourth-order valence-electron chi connectivity index (χ4n) is 2.78. The average molecular weight is 307 g/mol. The van der Waals surface area contributed by atoms with E-state index in [1.165, 1.54) is 0 Å². The number of hydrogen-bond donors (Lipinski definition) is 0. The highest BCUT2D eigenvalue weighted by Crippen LogP contribution is 2.24. The minimum Gasteiger partial charge on any atom is -0.344 e. The average Bonchev–Trinajstić information content (AvgIpc) is 2.92. The Labute approximate surface area is 137 Å². The lowest BCUT2D eigenvalue weighted by Crippen LogP contribution is -2.30. The molecule has 0 saturated carbocycles. The predicted octanol–water partition coefficient (Wildman–Crippen LogP) is 2.84. The molecule has 4 heteroatoms. The Kier molecular flexibility index (Phi) is 4.42. The lowest BCUT2D eigenvalue weighted by Gasteiger charge is -2.20. The molecule has 0 amide bonds. The zero-order valence-electron chi connectivity index (χ0n) is 13.5. The van der Waals surface area contributed by atoms with Gasteiger partial charge in [0.25, 0.3) is 0 Å². The summed E-state index contributed by atoms with van der Waals surface area (Å²) < 4.78 is 0. The van der Waals surface area contributed by atoms with Crippen molar-refractivity contribution in [1.82, 2.24) is 9.80 Å². The molecule has 0 N–H and O–H groups in total. The quantitative estimate of drug-likeness (QED) is 0.815. The summed E-state index contributed by atoms with van der Waals surface area (Å²) in [4.78, 5) is 22.0. The van der Waals surface area contributed by atoms with Crippen LogP contribution in [0.15, 0.2) is 65.7 Å². The molecule has 2 aromatic carbocycles. The molecule has 0 bridgehead atoms. The maximum absolute atomic E-state index is 13.0. The molecule has 118 valence electrons. The molecular weight excluding hydrogens is 286 g/mol. The molecule has 0 aromatic heterocycles. The van der Waals surface area contributed by atoms with Gasteiger partial charge in [-0.15, -0.1) is 0 Å². The summed E-state index contributed by atoms with van der Waals surface area (Å²) in [6.45, 7) is 1.85. The maximum atomic E-state index is 13.0. The van der Waals surface area contributed by atoms with Gasteiger partial charge in [0.2, 0.25) is 0 Å². The van der Waals surface area contributed by atoms with E-state index in [4.69, 9.17) is 4.99 Å². The Morgan fingerprint density at radius 1 is 0.913 bits per heavy atom. The summed E-state index contributed by atoms with van der Waals surface area (Å²) in [5, 5.41) is 0. The third-order valence-corrected chi connectivity index (χ3v) is 4.12. The van der Waals surface area contributed by atoms with Gasteiger partial charge in [0.1, 0.15) is 6.04 Å². The zero-order chi connectivity index (χ0) is 16.2. The highest BCUT2D eigenvalue weighted by Gasteiger charge is 2.26. The molecule has 1 aliphatic rings. The topological polar surface area (TPSA) is 35.9 Å². The Balaban J connectivity index is 2.01. The van der Waals surface area contributed by atoms with Crippen LogP contribution in [-0.2, 0) is 0 Å². The van der Waals surface area contributed by atoms with Crippen LogP contribution in [-0.4, -0.2) is 48.7 Å². The van der Waals surface area contributed by atoms with Crippen LogP contribution in [0.25, 0.3) is 0 Å². The Bertz CT molecular complexity index is 685. The summed E-state index contributed by atoms with van der Waals surface area (Å²) >= 11 is 0. The van der Waals surface area contributed by atoms with Crippen LogP contribution in [0.4, 0.5) is 0 Å². The van der Waals surface area contributed by atoms with Crippen molar-refractivity contribution in [2.75, 3.05) is 27.2 Å². The molecule has 1 atom stereocenters. The normalized spacial score (nSPS) is 15.7. The molecule has 3 rings (SSSR count). The van der Waals surface area contributed by atoms with Crippen molar-refractivity contribution >= 4 is 11.7 Å². The minimum atomic E-state index is -0.517. The molecule has 1 unspecified atom stereocenters. The second kappa shape index (κ2) is 6.65. The standard InChI is InChI=1S/C19H21N3O/c1-21-13-14-22(2)19(21)20-17(15-9-5-3-6-10-15)18(23)16-11-7-4-8-12-16/h3-12,17H,13-14H2,1-2H3. The second-order valence-corrected chi connectivity index (χ2v) is 5.82. The number of carbonyl (C=O) groups excluding carboxylic acids is 1. The molecule has 1 saturated heterocycles. The summed E-state index contributed by atoms with van der Waals surface area (Å²) in [5.74, 6) is 0.890. The van der Waals surface area contributed by atoms with Crippen LogP contribution in [0.2, 0.25) is 0 Å². The molecule has 23 heavy (non-hydrogen) atoms. The molecule has 1 aliphatic heterocycles. The van der Waals surface area contributed by atoms with Crippen molar-refractivity contribution in [3.63, 3.8) is 0 Å². The van der Waals surface area contributed by atoms with Gasteiger partial charge in [-0.1, -0.05) is 60.7 Å². The predicted molar refractivity (Wildman–Crippen MR) is 92.7 cm³/mol. The van der Waals surface area contributed by atoms with E-state index in [1.54, 1.807) is 0 Å².